The molecule has 5 aromatic rings. The molecule has 0 spiro atoms. The molecule has 6 nitrogen and oxygen atoms in total. The number of carboxylic acid groups (broad SMARTS) is 1. The van der Waals surface area contributed by atoms with Gasteiger partial charge in [0.1, 0.15) is 0 Å². The molecule has 3 aromatic carbocycles. The first-order valence-corrected chi connectivity index (χ1v) is 11.2. The summed E-state index contributed by atoms with van der Waals surface area (Å²) in [5.41, 5.74) is 6.04. The molecule has 2 heterocycles. The molecule has 0 saturated carbocycles. The molecule has 0 saturated heterocycles. The summed E-state index contributed by atoms with van der Waals surface area (Å²) in [5.74, 6) is -0.962. The van der Waals surface area contributed by atoms with Crippen LogP contribution in [0.3, 0.4) is 0 Å². The third-order valence-corrected chi connectivity index (χ3v) is 6.10. The number of aromatic carboxylic acids is 1. The van der Waals surface area contributed by atoms with E-state index in [9.17, 15) is 9.90 Å². The minimum atomic E-state index is -0.962. The first-order valence-electron chi connectivity index (χ1n) is 10.5. The monoisotopic (exact) mass is 488 g/mol. The van der Waals surface area contributed by atoms with E-state index in [1.54, 1.807) is 42.7 Å². The standard InChI is InChI=1S/C26H18Cl2N4O2/c1-15(16-2-4-17(5-3-16)26(33)34)32-25(18-6-7-22-24(12-18)30-9-8-29-22)14-23(31-32)19-10-20(27)13-21(28)11-19/h2-15H,1H3,(H,33,34). The Morgan fingerprint density at radius 3 is 2.21 bits per heavy atom. The van der Waals surface area contributed by atoms with E-state index in [0.717, 1.165) is 33.4 Å². The van der Waals surface area contributed by atoms with E-state index in [1.807, 2.05) is 48.0 Å². The van der Waals surface area contributed by atoms with Crippen LogP contribution in [0.5, 0.6) is 0 Å². The third kappa shape index (κ3) is 4.25. The number of fused-ring (bicyclic) bond motifs is 1. The van der Waals surface area contributed by atoms with Crippen LogP contribution >= 0.6 is 23.2 Å². The molecule has 0 aliphatic heterocycles. The van der Waals surface area contributed by atoms with Crippen LogP contribution in [0.1, 0.15) is 28.9 Å². The fourth-order valence-electron chi connectivity index (χ4n) is 3.92. The second kappa shape index (κ2) is 8.89. The van der Waals surface area contributed by atoms with Gasteiger partial charge in [-0.3, -0.25) is 14.6 Å². The maximum atomic E-state index is 11.3. The fourth-order valence-corrected chi connectivity index (χ4v) is 4.44. The molecule has 0 fully saturated rings. The number of hydrogen-bond donors (Lipinski definition) is 1. The van der Waals surface area contributed by atoms with Crippen molar-refractivity contribution in [1.29, 1.82) is 0 Å². The Morgan fingerprint density at radius 1 is 0.853 bits per heavy atom. The van der Waals surface area contributed by atoms with Gasteiger partial charge in [-0.05, 0) is 61.0 Å². The molecule has 0 amide bonds. The SMILES string of the molecule is CC(c1ccc(C(=O)O)cc1)n1nc(-c2cc(Cl)cc(Cl)c2)cc1-c1ccc2nccnc2c1. The summed E-state index contributed by atoms with van der Waals surface area (Å²) >= 11 is 12.5. The summed E-state index contributed by atoms with van der Waals surface area (Å²) in [7, 11) is 0. The number of hydrogen-bond acceptors (Lipinski definition) is 4. The number of halogens is 2. The normalized spacial score (nSPS) is 12.1. The van der Waals surface area contributed by atoms with Gasteiger partial charge < -0.3 is 5.11 Å². The molecule has 0 bridgehead atoms. The molecule has 5 rings (SSSR count). The van der Waals surface area contributed by atoms with Gasteiger partial charge in [0.05, 0.1) is 34.0 Å². The number of carboxylic acids is 1. The predicted molar refractivity (Wildman–Crippen MR) is 133 cm³/mol. The van der Waals surface area contributed by atoms with Crippen molar-refractivity contribution in [3.63, 3.8) is 0 Å². The fraction of sp³-hybridized carbons (Fsp3) is 0.0769. The van der Waals surface area contributed by atoms with Crippen molar-refractivity contribution in [1.82, 2.24) is 19.7 Å². The van der Waals surface area contributed by atoms with Crippen LogP contribution in [0.4, 0.5) is 0 Å². The van der Waals surface area contributed by atoms with Crippen LogP contribution < -0.4 is 0 Å². The Bertz CT molecular complexity index is 1510. The maximum Gasteiger partial charge on any atom is 0.335 e. The van der Waals surface area contributed by atoms with E-state index in [-0.39, 0.29) is 11.6 Å². The van der Waals surface area contributed by atoms with Crippen molar-refractivity contribution in [2.24, 2.45) is 0 Å². The number of rotatable bonds is 5. The molecule has 8 heteroatoms. The average Bonchev–Trinajstić information content (AvgIpc) is 3.28. The lowest BCUT2D eigenvalue weighted by atomic mass is 10.0. The van der Waals surface area contributed by atoms with Crippen molar-refractivity contribution in [3.8, 4) is 22.5 Å². The number of nitrogens with zero attached hydrogens (tertiary/aromatic N) is 4. The van der Waals surface area contributed by atoms with Crippen molar-refractivity contribution in [2.75, 3.05) is 0 Å². The van der Waals surface area contributed by atoms with Crippen LogP contribution in [-0.2, 0) is 0 Å². The van der Waals surface area contributed by atoms with Gasteiger partial charge in [0.15, 0.2) is 0 Å². The molecule has 1 N–H and O–H groups in total. The molecule has 0 radical (unpaired) electrons. The Morgan fingerprint density at radius 2 is 1.53 bits per heavy atom. The van der Waals surface area contributed by atoms with Crippen LogP contribution in [0.15, 0.2) is 79.1 Å². The summed E-state index contributed by atoms with van der Waals surface area (Å²) in [6.45, 7) is 2.02. The minimum absolute atomic E-state index is 0.182. The Balaban J connectivity index is 1.66. The quantitative estimate of drug-likeness (QED) is 0.295. The Kier molecular flexibility index (Phi) is 5.77. The van der Waals surface area contributed by atoms with Crippen LogP contribution in [0.2, 0.25) is 10.0 Å². The van der Waals surface area contributed by atoms with Crippen LogP contribution in [-0.4, -0.2) is 30.8 Å². The molecule has 1 unspecified atom stereocenters. The van der Waals surface area contributed by atoms with Crippen molar-refractivity contribution in [2.45, 2.75) is 13.0 Å². The van der Waals surface area contributed by atoms with E-state index in [1.165, 1.54) is 0 Å². The van der Waals surface area contributed by atoms with E-state index >= 15 is 0 Å². The van der Waals surface area contributed by atoms with E-state index in [2.05, 4.69) is 9.97 Å². The lowest BCUT2D eigenvalue weighted by Gasteiger charge is -2.17. The van der Waals surface area contributed by atoms with Gasteiger partial charge in [0, 0.05) is 33.6 Å². The highest BCUT2D eigenvalue weighted by Gasteiger charge is 2.19. The number of benzene rings is 3. The van der Waals surface area contributed by atoms with Gasteiger partial charge in [-0.15, -0.1) is 0 Å². The van der Waals surface area contributed by atoms with Gasteiger partial charge in [-0.1, -0.05) is 41.4 Å². The largest absolute Gasteiger partial charge is 0.478 e. The lowest BCUT2D eigenvalue weighted by Crippen LogP contribution is -2.10. The Labute approximate surface area is 205 Å². The highest BCUT2D eigenvalue weighted by atomic mass is 35.5. The van der Waals surface area contributed by atoms with E-state index < -0.39 is 5.97 Å². The highest BCUT2D eigenvalue weighted by Crippen LogP contribution is 2.34. The van der Waals surface area contributed by atoms with Gasteiger partial charge in [0.2, 0.25) is 0 Å². The summed E-state index contributed by atoms with van der Waals surface area (Å²) in [4.78, 5) is 20.0. The zero-order valence-electron chi connectivity index (χ0n) is 18.0. The summed E-state index contributed by atoms with van der Waals surface area (Å²) in [6.07, 6.45) is 3.32. The predicted octanol–water partition coefficient (Wildman–Crippen LogP) is 6.77. The maximum absolute atomic E-state index is 11.3. The molecule has 2 aromatic heterocycles. The number of aromatic nitrogens is 4. The minimum Gasteiger partial charge on any atom is -0.478 e. The lowest BCUT2D eigenvalue weighted by molar-refractivity contribution is 0.0697. The molecule has 168 valence electrons. The molecular formula is C26H18Cl2N4O2. The van der Waals surface area contributed by atoms with Crippen molar-refractivity contribution >= 4 is 40.2 Å². The molecular weight excluding hydrogens is 471 g/mol. The second-order valence-electron chi connectivity index (χ2n) is 7.88. The van der Waals surface area contributed by atoms with Crippen LogP contribution in [0, 0.1) is 0 Å². The summed E-state index contributed by atoms with van der Waals surface area (Å²) < 4.78 is 1.91. The zero-order valence-corrected chi connectivity index (χ0v) is 19.5. The second-order valence-corrected chi connectivity index (χ2v) is 8.75. The third-order valence-electron chi connectivity index (χ3n) is 5.67. The van der Waals surface area contributed by atoms with Crippen LogP contribution in [0.25, 0.3) is 33.5 Å². The molecule has 1 atom stereocenters. The van der Waals surface area contributed by atoms with Gasteiger partial charge in [0.25, 0.3) is 0 Å². The smallest absolute Gasteiger partial charge is 0.335 e. The molecule has 34 heavy (non-hydrogen) atoms. The van der Waals surface area contributed by atoms with Crippen molar-refractivity contribution in [3.05, 3.63) is 100 Å². The van der Waals surface area contributed by atoms with Gasteiger partial charge in [-0.25, -0.2) is 4.79 Å². The van der Waals surface area contributed by atoms with E-state index in [4.69, 9.17) is 28.3 Å². The Hall–Kier alpha value is -3.74. The topological polar surface area (TPSA) is 80.9 Å². The highest BCUT2D eigenvalue weighted by molar-refractivity contribution is 6.35. The molecule has 0 aliphatic carbocycles. The first-order chi connectivity index (χ1) is 16.4. The number of carbonyl (C=O) groups is 1. The average molecular weight is 489 g/mol. The van der Waals surface area contributed by atoms with Gasteiger partial charge >= 0.3 is 5.97 Å². The van der Waals surface area contributed by atoms with E-state index in [0.29, 0.717) is 15.7 Å². The summed E-state index contributed by atoms with van der Waals surface area (Å²) in [6, 6.07) is 19.8. The van der Waals surface area contributed by atoms with Crippen molar-refractivity contribution < 1.29 is 9.90 Å². The first kappa shape index (κ1) is 22.1. The van der Waals surface area contributed by atoms with Gasteiger partial charge in [-0.2, -0.15) is 5.10 Å². The molecule has 0 aliphatic rings. The summed E-state index contributed by atoms with van der Waals surface area (Å²) in [5, 5.41) is 15.2. The zero-order chi connectivity index (χ0) is 23.8.